The highest BCUT2D eigenvalue weighted by Gasteiger charge is 2.11. The Kier molecular flexibility index (Phi) is 3.69. The number of carbonyl (C=O) groups excluding carboxylic acids is 1. The van der Waals surface area contributed by atoms with E-state index in [4.69, 9.17) is 11.6 Å². The van der Waals surface area contributed by atoms with Gasteiger partial charge in [0.25, 0.3) is 0 Å². The quantitative estimate of drug-likeness (QED) is 0.468. The predicted octanol–water partition coefficient (Wildman–Crippen LogP) is 2.42. The van der Waals surface area contributed by atoms with E-state index in [1.807, 2.05) is 0 Å². The number of alkyl halides is 1. The van der Waals surface area contributed by atoms with E-state index in [9.17, 15) is 4.79 Å². The highest BCUT2D eigenvalue weighted by atomic mass is 79.9. The molecule has 0 unspecified atom stereocenters. The van der Waals surface area contributed by atoms with Gasteiger partial charge in [-0.25, -0.2) is 9.78 Å². The molecule has 5 heteroatoms. The van der Waals surface area contributed by atoms with Crippen LogP contribution in [-0.2, 0) is 10.1 Å². The minimum absolute atomic E-state index is 0.163. The fourth-order valence-electron chi connectivity index (χ4n) is 0.818. The number of carbonyl (C=O) groups is 1. The molecule has 0 bridgehead atoms. The number of pyridine rings is 1. The van der Waals surface area contributed by atoms with E-state index in [-0.39, 0.29) is 5.15 Å². The van der Waals surface area contributed by atoms with Gasteiger partial charge in [-0.1, -0.05) is 27.5 Å². The van der Waals surface area contributed by atoms with Gasteiger partial charge in [0.1, 0.15) is 5.15 Å². The zero-order valence-electron chi connectivity index (χ0n) is 6.88. The number of nitrogens with zero attached hydrogens (tertiary/aromatic N) is 1. The number of rotatable bonds is 2. The Hall–Kier alpha value is -0.610. The molecule has 0 amide bonds. The Morgan fingerprint density at radius 1 is 1.77 bits per heavy atom. The Labute approximate surface area is 89.2 Å². The molecule has 0 fully saturated rings. The molecule has 0 N–H and O–H groups in total. The fourth-order valence-corrected chi connectivity index (χ4v) is 1.30. The first-order valence-electron chi connectivity index (χ1n) is 3.47. The molecule has 0 aliphatic carbocycles. The third kappa shape index (κ3) is 2.42. The van der Waals surface area contributed by atoms with Gasteiger partial charge in [-0.2, -0.15) is 0 Å². The molecular formula is C8H7BrClNO2. The van der Waals surface area contributed by atoms with Crippen molar-refractivity contribution in [1.29, 1.82) is 0 Å². The topological polar surface area (TPSA) is 39.2 Å². The lowest BCUT2D eigenvalue weighted by Crippen LogP contribution is -2.03. The molecular weight excluding hydrogens is 257 g/mol. The van der Waals surface area contributed by atoms with Crippen LogP contribution in [0.15, 0.2) is 12.3 Å². The Balaban J connectivity index is 3.11. The third-order valence-electron chi connectivity index (χ3n) is 1.46. The lowest BCUT2D eigenvalue weighted by atomic mass is 10.2. The number of halogens is 2. The molecule has 1 aromatic rings. The maximum absolute atomic E-state index is 11.1. The van der Waals surface area contributed by atoms with Gasteiger partial charge < -0.3 is 4.74 Å². The van der Waals surface area contributed by atoms with Gasteiger partial charge in [-0.15, -0.1) is 0 Å². The van der Waals surface area contributed by atoms with Crippen LogP contribution >= 0.6 is 27.5 Å². The molecule has 1 rings (SSSR count). The molecule has 13 heavy (non-hydrogen) atoms. The first-order valence-corrected chi connectivity index (χ1v) is 4.97. The van der Waals surface area contributed by atoms with E-state index in [0.717, 1.165) is 5.56 Å². The zero-order chi connectivity index (χ0) is 9.84. The monoisotopic (exact) mass is 263 g/mol. The van der Waals surface area contributed by atoms with Gasteiger partial charge in [-0.3, -0.25) is 0 Å². The number of aromatic nitrogens is 1. The van der Waals surface area contributed by atoms with E-state index in [1.54, 1.807) is 12.3 Å². The van der Waals surface area contributed by atoms with Crippen LogP contribution in [0.2, 0.25) is 5.15 Å². The Bertz CT molecular complexity index is 330. The molecule has 1 aromatic heterocycles. The van der Waals surface area contributed by atoms with E-state index in [1.165, 1.54) is 7.11 Å². The summed E-state index contributed by atoms with van der Waals surface area (Å²) in [6.07, 6.45) is 1.60. The van der Waals surface area contributed by atoms with Gasteiger partial charge in [0.05, 0.1) is 12.7 Å². The molecule has 0 spiro atoms. The van der Waals surface area contributed by atoms with Gasteiger partial charge in [0, 0.05) is 11.5 Å². The minimum Gasteiger partial charge on any atom is -0.465 e. The molecule has 0 aromatic carbocycles. The van der Waals surface area contributed by atoms with Gasteiger partial charge in [0.2, 0.25) is 0 Å². The highest BCUT2D eigenvalue weighted by Crippen LogP contribution is 2.16. The van der Waals surface area contributed by atoms with E-state index in [0.29, 0.717) is 10.9 Å². The van der Waals surface area contributed by atoms with Crippen LogP contribution in [-0.4, -0.2) is 18.1 Å². The van der Waals surface area contributed by atoms with Crippen molar-refractivity contribution in [2.45, 2.75) is 5.33 Å². The second-order valence-corrected chi connectivity index (χ2v) is 3.23. The van der Waals surface area contributed by atoms with Crippen LogP contribution in [0.4, 0.5) is 0 Å². The van der Waals surface area contributed by atoms with Crippen LogP contribution in [0, 0.1) is 0 Å². The second kappa shape index (κ2) is 4.58. The molecule has 0 aliphatic rings. The smallest absolute Gasteiger partial charge is 0.341 e. The lowest BCUT2D eigenvalue weighted by molar-refractivity contribution is 0.0600. The summed E-state index contributed by atoms with van der Waals surface area (Å²) in [5, 5.41) is 0.790. The molecule has 0 radical (unpaired) electrons. The molecule has 0 aliphatic heterocycles. The predicted molar refractivity (Wildman–Crippen MR) is 53.2 cm³/mol. The van der Waals surface area contributed by atoms with Crippen molar-refractivity contribution in [1.82, 2.24) is 4.98 Å². The Morgan fingerprint density at radius 2 is 2.46 bits per heavy atom. The lowest BCUT2D eigenvalue weighted by Gasteiger charge is -2.02. The summed E-state index contributed by atoms with van der Waals surface area (Å²) in [6.45, 7) is 0. The van der Waals surface area contributed by atoms with Crippen molar-refractivity contribution in [2.75, 3.05) is 7.11 Å². The summed E-state index contributed by atoms with van der Waals surface area (Å²) in [5.74, 6) is -0.472. The number of esters is 1. The number of ether oxygens (including phenoxy) is 1. The Morgan fingerprint density at radius 3 is 3.00 bits per heavy atom. The standard InChI is InChI=1S/C8H7BrClNO2/c1-13-8(12)6-2-5(3-9)4-11-7(6)10/h2,4H,3H2,1H3. The molecule has 3 nitrogen and oxygen atoms in total. The van der Waals surface area contributed by atoms with Crippen molar-refractivity contribution in [3.05, 3.63) is 28.5 Å². The number of hydrogen-bond acceptors (Lipinski definition) is 3. The van der Waals surface area contributed by atoms with E-state index < -0.39 is 5.97 Å². The minimum atomic E-state index is -0.472. The molecule has 0 atom stereocenters. The third-order valence-corrected chi connectivity index (χ3v) is 2.40. The van der Waals surface area contributed by atoms with Gasteiger partial charge >= 0.3 is 5.97 Å². The fraction of sp³-hybridized carbons (Fsp3) is 0.250. The largest absolute Gasteiger partial charge is 0.465 e. The van der Waals surface area contributed by atoms with Crippen LogP contribution < -0.4 is 0 Å². The van der Waals surface area contributed by atoms with Gasteiger partial charge in [-0.05, 0) is 11.6 Å². The average molecular weight is 265 g/mol. The van der Waals surface area contributed by atoms with Crippen LogP contribution in [0.5, 0.6) is 0 Å². The average Bonchev–Trinajstić information content (AvgIpc) is 2.17. The normalized spacial score (nSPS) is 9.77. The molecule has 0 saturated heterocycles. The maximum atomic E-state index is 11.1. The summed E-state index contributed by atoms with van der Waals surface area (Å²) >= 11 is 8.95. The first kappa shape index (κ1) is 10.5. The van der Waals surface area contributed by atoms with E-state index >= 15 is 0 Å². The van der Waals surface area contributed by atoms with E-state index in [2.05, 4.69) is 25.7 Å². The molecule has 1 heterocycles. The van der Waals surface area contributed by atoms with Crippen molar-refractivity contribution in [2.24, 2.45) is 0 Å². The highest BCUT2D eigenvalue weighted by molar-refractivity contribution is 9.08. The number of hydrogen-bond donors (Lipinski definition) is 0. The van der Waals surface area contributed by atoms with Crippen molar-refractivity contribution < 1.29 is 9.53 Å². The second-order valence-electron chi connectivity index (χ2n) is 2.31. The molecule has 70 valence electrons. The summed E-state index contributed by atoms with van der Waals surface area (Å²) in [5.41, 5.74) is 1.17. The van der Waals surface area contributed by atoms with Crippen LogP contribution in [0.1, 0.15) is 15.9 Å². The van der Waals surface area contributed by atoms with Crippen molar-refractivity contribution in [3.63, 3.8) is 0 Å². The number of methoxy groups -OCH3 is 1. The summed E-state index contributed by atoms with van der Waals surface area (Å²) in [4.78, 5) is 15.0. The molecule has 0 saturated carbocycles. The first-order chi connectivity index (χ1) is 6.19. The van der Waals surface area contributed by atoms with Crippen molar-refractivity contribution >= 4 is 33.5 Å². The van der Waals surface area contributed by atoms with Crippen LogP contribution in [0.3, 0.4) is 0 Å². The maximum Gasteiger partial charge on any atom is 0.341 e. The summed E-state index contributed by atoms with van der Waals surface area (Å²) in [7, 11) is 1.31. The summed E-state index contributed by atoms with van der Waals surface area (Å²) in [6, 6.07) is 1.65. The summed E-state index contributed by atoms with van der Waals surface area (Å²) < 4.78 is 4.54. The van der Waals surface area contributed by atoms with Crippen molar-refractivity contribution in [3.8, 4) is 0 Å². The van der Waals surface area contributed by atoms with Crippen LogP contribution in [0.25, 0.3) is 0 Å². The van der Waals surface area contributed by atoms with Gasteiger partial charge in [0.15, 0.2) is 0 Å². The zero-order valence-corrected chi connectivity index (χ0v) is 9.22. The SMILES string of the molecule is COC(=O)c1cc(CBr)cnc1Cl.